The van der Waals surface area contributed by atoms with Crippen LogP contribution in [0.3, 0.4) is 0 Å². The summed E-state index contributed by atoms with van der Waals surface area (Å²) in [7, 11) is 0. The van der Waals surface area contributed by atoms with E-state index in [1.807, 2.05) is 0 Å². The van der Waals surface area contributed by atoms with Crippen molar-refractivity contribution in [1.82, 2.24) is 0 Å². The second-order valence-corrected chi connectivity index (χ2v) is 5.66. The predicted octanol–water partition coefficient (Wildman–Crippen LogP) is 5.09. The number of aryl methyl sites for hydroxylation is 1. The van der Waals surface area contributed by atoms with Crippen LogP contribution in [0.25, 0.3) is 0 Å². The minimum atomic E-state index is -1.39. The monoisotopic (exact) mass is 308 g/mol. The Bertz CT molecular complexity index is 494. The van der Waals surface area contributed by atoms with Gasteiger partial charge in [0.25, 0.3) is 0 Å². The highest BCUT2D eigenvalue weighted by molar-refractivity contribution is 5.65. The lowest BCUT2D eigenvalue weighted by atomic mass is 9.90. The summed E-state index contributed by atoms with van der Waals surface area (Å²) in [5, 5.41) is 19.3. The Morgan fingerprint density at radius 3 is 2.18 bits per heavy atom. The number of rotatable bonds is 9. The molecular weight excluding hydrogens is 280 g/mol. The molecule has 4 nitrogen and oxygen atoms in total. The molecule has 0 amide bonds. The lowest BCUT2D eigenvalue weighted by molar-refractivity contribution is 0.142. The van der Waals surface area contributed by atoms with Crippen molar-refractivity contribution in [3.8, 4) is 11.5 Å². The van der Waals surface area contributed by atoms with Gasteiger partial charge in [0.1, 0.15) is 0 Å². The van der Waals surface area contributed by atoms with E-state index >= 15 is 0 Å². The molecular formula is C18H28O4. The van der Waals surface area contributed by atoms with E-state index in [1.165, 1.54) is 5.56 Å². The zero-order chi connectivity index (χ0) is 16.5. The van der Waals surface area contributed by atoms with Gasteiger partial charge in [-0.3, -0.25) is 0 Å². The van der Waals surface area contributed by atoms with Crippen LogP contribution in [-0.4, -0.2) is 16.4 Å². The fourth-order valence-electron chi connectivity index (χ4n) is 2.75. The number of hydrogen-bond acceptors (Lipinski definition) is 3. The third-order valence-corrected chi connectivity index (χ3v) is 3.85. The highest BCUT2D eigenvalue weighted by Crippen LogP contribution is 2.37. The molecule has 2 N–H and O–H groups in total. The third-order valence-electron chi connectivity index (χ3n) is 3.85. The van der Waals surface area contributed by atoms with Gasteiger partial charge < -0.3 is 14.9 Å². The van der Waals surface area contributed by atoms with E-state index in [4.69, 9.17) is 9.84 Å². The molecule has 0 heterocycles. The van der Waals surface area contributed by atoms with Crippen molar-refractivity contribution in [1.29, 1.82) is 0 Å². The second-order valence-electron chi connectivity index (χ2n) is 5.66. The number of aromatic hydroxyl groups is 1. The summed E-state index contributed by atoms with van der Waals surface area (Å²) in [6.45, 7) is 6.33. The van der Waals surface area contributed by atoms with Crippen molar-refractivity contribution >= 4 is 6.16 Å². The highest BCUT2D eigenvalue weighted by atomic mass is 16.7. The number of phenols is 1. The van der Waals surface area contributed by atoms with E-state index in [0.29, 0.717) is 0 Å². The van der Waals surface area contributed by atoms with E-state index in [2.05, 4.69) is 20.8 Å². The summed E-state index contributed by atoms with van der Waals surface area (Å²) in [6, 6.07) is 1.71. The van der Waals surface area contributed by atoms with Gasteiger partial charge in [-0.15, -0.1) is 0 Å². The maximum absolute atomic E-state index is 10.8. The topological polar surface area (TPSA) is 66.8 Å². The maximum Gasteiger partial charge on any atom is 0.511 e. The van der Waals surface area contributed by atoms with Crippen LogP contribution in [0, 0.1) is 0 Å². The first-order valence-corrected chi connectivity index (χ1v) is 8.32. The van der Waals surface area contributed by atoms with Crippen LogP contribution in [0.2, 0.25) is 0 Å². The molecule has 0 atom stereocenters. The molecule has 22 heavy (non-hydrogen) atoms. The molecule has 0 saturated heterocycles. The van der Waals surface area contributed by atoms with E-state index in [-0.39, 0.29) is 11.5 Å². The molecule has 0 saturated carbocycles. The molecule has 1 aromatic rings. The first-order chi connectivity index (χ1) is 10.5. The number of hydrogen-bond donors (Lipinski definition) is 2. The minimum absolute atomic E-state index is 0.00407. The molecule has 0 bridgehead atoms. The van der Waals surface area contributed by atoms with Crippen LogP contribution in [-0.2, 0) is 19.3 Å². The Kier molecular flexibility index (Phi) is 7.78. The fourth-order valence-corrected chi connectivity index (χ4v) is 2.75. The van der Waals surface area contributed by atoms with Crippen LogP contribution in [0.15, 0.2) is 6.07 Å². The number of benzene rings is 1. The number of ether oxygens (including phenoxy) is 1. The van der Waals surface area contributed by atoms with E-state index < -0.39 is 6.16 Å². The van der Waals surface area contributed by atoms with Crippen molar-refractivity contribution in [2.24, 2.45) is 0 Å². The number of carbonyl (C=O) groups is 1. The molecule has 0 fully saturated rings. The quantitative estimate of drug-likeness (QED) is 0.493. The third kappa shape index (κ3) is 4.93. The maximum atomic E-state index is 10.8. The Balaban J connectivity index is 3.33. The van der Waals surface area contributed by atoms with Crippen molar-refractivity contribution in [2.45, 2.75) is 72.1 Å². The molecule has 124 valence electrons. The van der Waals surface area contributed by atoms with Crippen LogP contribution < -0.4 is 4.74 Å². The first kappa shape index (κ1) is 18.3. The summed E-state index contributed by atoms with van der Waals surface area (Å²) in [4.78, 5) is 10.8. The summed E-state index contributed by atoms with van der Waals surface area (Å²) >= 11 is 0. The van der Waals surface area contributed by atoms with Gasteiger partial charge in [0.2, 0.25) is 0 Å². The van der Waals surface area contributed by atoms with Crippen molar-refractivity contribution in [2.75, 3.05) is 0 Å². The number of unbranched alkanes of at least 4 members (excludes halogenated alkanes) is 2. The van der Waals surface area contributed by atoms with Gasteiger partial charge in [0.05, 0.1) is 0 Å². The lowest BCUT2D eigenvalue weighted by Crippen LogP contribution is -2.08. The molecule has 0 aliphatic rings. The van der Waals surface area contributed by atoms with Crippen LogP contribution in [0.1, 0.15) is 69.6 Å². The minimum Gasteiger partial charge on any atom is -0.504 e. The smallest absolute Gasteiger partial charge is 0.504 e. The van der Waals surface area contributed by atoms with Crippen LogP contribution in [0.4, 0.5) is 4.79 Å². The lowest BCUT2D eigenvalue weighted by Gasteiger charge is -2.18. The molecule has 1 rings (SSSR count). The second kappa shape index (κ2) is 9.34. The summed E-state index contributed by atoms with van der Waals surface area (Å²) in [5.41, 5.74) is 3.17. The first-order valence-electron chi connectivity index (χ1n) is 8.32. The van der Waals surface area contributed by atoms with Gasteiger partial charge in [-0.25, -0.2) is 4.79 Å². The standard InChI is InChI=1S/C18H28O4/c1-4-7-10-13-12-16(22-18(20)21)17(19)15(9-6-3)14(13)11-8-5-2/h12,19H,4-11H2,1-3H3,(H,20,21). The van der Waals surface area contributed by atoms with Crippen LogP contribution >= 0.6 is 0 Å². The van der Waals surface area contributed by atoms with E-state index in [9.17, 15) is 9.90 Å². The van der Waals surface area contributed by atoms with Gasteiger partial charge in [0, 0.05) is 5.56 Å². The van der Waals surface area contributed by atoms with E-state index in [0.717, 1.165) is 62.5 Å². The number of phenolic OH excluding ortho intramolecular Hbond substituents is 1. The Labute approximate surface area is 133 Å². The zero-order valence-electron chi connectivity index (χ0n) is 13.9. The average Bonchev–Trinajstić information content (AvgIpc) is 2.48. The molecule has 4 heteroatoms. The summed E-state index contributed by atoms with van der Waals surface area (Å²) in [6.07, 6.45) is 6.33. The van der Waals surface area contributed by atoms with E-state index in [1.54, 1.807) is 6.07 Å². The van der Waals surface area contributed by atoms with Crippen molar-refractivity contribution < 1.29 is 19.7 Å². The molecule has 0 aromatic heterocycles. The van der Waals surface area contributed by atoms with Gasteiger partial charge in [-0.2, -0.15) is 0 Å². The summed E-state index contributed by atoms with van der Waals surface area (Å²) < 4.78 is 4.78. The molecule has 0 unspecified atom stereocenters. The predicted molar refractivity (Wildman–Crippen MR) is 88.0 cm³/mol. The highest BCUT2D eigenvalue weighted by Gasteiger charge is 2.19. The van der Waals surface area contributed by atoms with Gasteiger partial charge in [-0.1, -0.05) is 40.0 Å². The van der Waals surface area contributed by atoms with Gasteiger partial charge in [-0.05, 0) is 49.3 Å². The van der Waals surface area contributed by atoms with Crippen LogP contribution in [0.5, 0.6) is 11.5 Å². The molecule has 0 spiro atoms. The Morgan fingerprint density at radius 1 is 1.00 bits per heavy atom. The van der Waals surface area contributed by atoms with Crippen molar-refractivity contribution in [3.05, 3.63) is 22.8 Å². The number of carboxylic acid groups (broad SMARTS) is 1. The molecule has 1 aromatic carbocycles. The molecule has 0 aliphatic heterocycles. The largest absolute Gasteiger partial charge is 0.511 e. The fraction of sp³-hybridized carbons (Fsp3) is 0.611. The Hall–Kier alpha value is -1.71. The normalized spacial score (nSPS) is 10.7. The van der Waals surface area contributed by atoms with Gasteiger partial charge in [0.15, 0.2) is 11.5 Å². The molecule has 0 aliphatic carbocycles. The molecule has 0 radical (unpaired) electrons. The summed E-state index contributed by atoms with van der Waals surface area (Å²) in [5.74, 6) is 0.0675. The van der Waals surface area contributed by atoms with Crippen molar-refractivity contribution in [3.63, 3.8) is 0 Å². The van der Waals surface area contributed by atoms with Gasteiger partial charge >= 0.3 is 6.16 Å². The Morgan fingerprint density at radius 2 is 1.64 bits per heavy atom. The average molecular weight is 308 g/mol. The zero-order valence-corrected chi connectivity index (χ0v) is 13.9. The SMILES string of the molecule is CCCCc1cc(OC(=O)O)c(O)c(CCC)c1CCCC.